The van der Waals surface area contributed by atoms with Crippen LogP contribution in [0.4, 0.5) is 0 Å². The van der Waals surface area contributed by atoms with Gasteiger partial charge in [-0.3, -0.25) is 4.98 Å². The molecule has 0 fully saturated rings. The normalized spacial score (nSPS) is 17.5. The van der Waals surface area contributed by atoms with Crippen LogP contribution >= 0.6 is 0 Å². The summed E-state index contributed by atoms with van der Waals surface area (Å²) in [5, 5.41) is 10.2. The van der Waals surface area contributed by atoms with Crippen LogP contribution in [0.3, 0.4) is 0 Å². The predicted octanol–water partition coefficient (Wildman–Crippen LogP) is 1.63. The van der Waals surface area contributed by atoms with Gasteiger partial charge in [-0.1, -0.05) is 6.07 Å². The second-order valence-electron chi connectivity index (χ2n) is 3.78. The van der Waals surface area contributed by atoms with Crippen molar-refractivity contribution in [2.45, 2.75) is 32.5 Å². The number of aromatic nitrogens is 1. The van der Waals surface area contributed by atoms with E-state index in [1.165, 1.54) is 0 Å². The van der Waals surface area contributed by atoms with Crippen LogP contribution in [0.15, 0.2) is 18.5 Å². The first-order valence-corrected chi connectivity index (χ1v) is 4.65. The molecular formula is C11H17NO2. The molecule has 1 N–H and O–H groups in total. The van der Waals surface area contributed by atoms with Gasteiger partial charge in [-0.15, -0.1) is 0 Å². The lowest BCUT2D eigenvalue weighted by molar-refractivity contribution is -0.0774. The molecule has 1 rings (SSSR count). The molecule has 0 aliphatic rings. The largest absolute Gasteiger partial charge is 0.383 e. The van der Waals surface area contributed by atoms with Crippen LogP contribution in [-0.4, -0.2) is 23.3 Å². The number of hydrogen-bond donors (Lipinski definition) is 1. The van der Waals surface area contributed by atoms with Crippen LogP contribution in [0.25, 0.3) is 0 Å². The minimum Gasteiger partial charge on any atom is -0.383 e. The minimum atomic E-state index is -0.992. The summed E-state index contributed by atoms with van der Waals surface area (Å²) in [5.41, 5.74) is 0.825. The van der Waals surface area contributed by atoms with Crippen molar-refractivity contribution in [3.8, 4) is 0 Å². The maximum Gasteiger partial charge on any atom is 0.114 e. The van der Waals surface area contributed by atoms with Crippen LogP contribution in [0.5, 0.6) is 0 Å². The molecular weight excluding hydrogens is 178 g/mol. The molecule has 0 amide bonds. The Hall–Kier alpha value is -0.930. The third kappa shape index (κ3) is 2.11. The Bertz CT molecular complexity index is 310. The highest BCUT2D eigenvalue weighted by molar-refractivity contribution is 5.23. The van der Waals surface area contributed by atoms with Crippen molar-refractivity contribution in [3.05, 3.63) is 29.6 Å². The molecule has 3 heteroatoms. The van der Waals surface area contributed by atoms with E-state index in [2.05, 4.69) is 4.98 Å². The summed E-state index contributed by atoms with van der Waals surface area (Å²) in [6.45, 7) is 5.52. The van der Waals surface area contributed by atoms with Gasteiger partial charge in [0.2, 0.25) is 0 Å². The van der Waals surface area contributed by atoms with Crippen molar-refractivity contribution in [3.63, 3.8) is 0 Å². The number of nitrogens with zero attached hydrogens (tertiary/aromatic N) is 1. The van der Waals surface area contributed by atoms with Crippen molar-refractivity contribution >= 4 is 0 Å². The molecule has 0 aliphatic heterocycles. The van der Waals surface area contributed by atoms with Crippen LogP contribution in [0.1, 0.15) is 25.0 Å². The zero-order valence-electron chi connectivity index (χ0n) is 9.11. The first-order valence-electron chi connectivity index (χ1n) is 4.65. The molecule has 0 saturated heterocycles. The first-order chi connectivity index (χ1) is 6.48. The van der Waals surface area contributed by atoms with E-state index >= 15 is 0 Å². The Morgan fingerprint density at radius 2 is 2.14 bits per heavy atom. The van der Waals surface area contributed by atoms with Crippen LogP contribution in [0.2, 0.25) is 0 Å². The quantitative estimate of drug-likeness (QED) is 0.797. The number of aryl methyl sites for hydroxylation is 1. The van der Waals surface area contributed by atoms with E-state index in [-0.39, 0.29) is 6.10 Å². The van der Waals surface area contributed by atoms with Gasteiger partial charge in [0.05, 0.1) is 6.10 Å². The average Bonchev–Trinajstić information content (AvgIpc) is 2.16. The summed E-state index contributed by atoms with van der Waals surface area (Å²) in [6.07, 6.45) is 3.17. The Kier molecular flexibility index (Phi) is 3.24. The Morgan fingerprint density at radius 1 is 1.50 bits per heavy atom. The van der Waals surface area contributed by atoms with Gasteiger partial charge in [-0.05, 0) is 26.3 Å². The second kappa shape index (κ2) is 4.07. The van der Waals surface area contributed by atoms with Crippen LogP contribution < -0.4 is 0 Å². The van der Waals surface area contributed by atoms with Gasteiger partial charge in [-0.25, -0.2) is 0 Å². The summed E-state index contributed by atoms with van der Waals surface area (Å²) < 4.78 is 5.13. The van der Waals surface area contributed by atoms with Crippen molar-refractivity contribution in [1.82, 2.24) is 4.98 Å². The van der Waals surface area contributed by atoms with Gasteiger partial charge < -0.3 is 9.84 Å². The van der Waals surface area contributed by atoms with Crippen molar-refractivity contribution in [2.75, 3.05) is 7.11 Å². The van der Waals surface area contributed by atoms with Gasteiger partial charge in [0.15, 0.2) is 0 Å². The van der Waals surface area contributed by atoms with Crippen molar-refractivity contribution in [1.29, 1.82) is 0 Å². The fourth-order valence-electron chi connectivity index (χ4n) is 1.30. The topological polar surface area (TPSA) is 42.4 Å². The maximum absolute atomic E-state index is 10.2. The monoisotopic (exact) mass is 195 g/mol. The molecule has 78 valence electrons. The van der Waals surface area contributed by atoms with E-state index in [1.807, 2.05) is 19.9 Å². The van der Waals surface area contributed by atoms with E-state index in [9.17, 15) is 5.11 Å². The maximum atomic E-state index is 10.2. The average molecular weight is 195 g/mol. The van der Waals surface area contributed by atoms with Gasteiger partial charge >= 0.3 is 0 Å². The Balaban J connectivity index is 3.03. The highest BCUT2D eigenvalue weighted by Gasteiger charge is 2.30. The van der Waals surface area contributed by atoms with E-state index in [1.54, 1.807) is 26.4 Å². The molecule has 0 saturated carbocycles. The molecule has 0 bridgehead atoms. The number of hydrogen-bond acceptors (Lipinski definition) is 3. The third-order valence-corrected chi connectivity index (χ3v) is 2.60. The van der Waals surface area contributed by atoms with Gasteiger partial charge in [0, 0.05) is 25.1 Å². The standard InChI is InChI=1S/C11H17NO2/c1-8-5-10(7-12-6-8)11(3,13)9(2)14-4/h5-7,9,13H,1-4H3. The molecule has 14 heavy (non-hydrogen) atoms. The summed E-state index contributed by atoms with van der Waals surface area (Å²) >= 11 is 0. The third-order valence-electron chi connectivity index (χ3n) is 2.60. The van der Waals surface area contributed by atoms with Crippen molar-refractivity contribution in [2.24, 2.45) is 0 Å². The molecule has 1 heterocycles. The summed E-state index contributed by atoms with van der Waals surface area (Å²) in [5.74, 6) is 0. The number of ether oxygens (including phenoxy) is 1. The number of aliphatic hydroxyl groups is 1. The van der Waals surface area contributed by atoms with Crippen molar-refractivity contribution < 1.29 is 9.84 Å². The lowest BCUT2D eigenvalue weighted by Crippen LogP contribution is -2.35. The molecule has 0 spiro atoms. The smallest absolute Gasteiger partial charge is 0.114 e. The molecule has 1 aromatic heterocycles. The summed E-state index contributed by atoms with van der Waals surface area (Å²) in [6, 6.07) is 1.92. The number of rotatable bonds is 3. The molecule has 3 nitrogen and oxygen atoms in total. The van der Waals surface area contributed by atoms with E-state index in [4.69, 9.17) is 4.74 Å². The summed E-state index contributed by atoms with van der Waals surface area (Å²) in [4.78, 5) is 4.05. The van der Waals surface area contributed by atoms with Gasteiger partial charge in [-0.2, -0.15) is 0 Å². The molecule has 2 unspecified atom stereocenters. The molecule has 0 aromatic carbocycles. The molecule has 1 aromatic rings. The highest BCUT2D eigenvalue weighted by atomic mass is 16.5. The lowest BCUT2D eigenvalue weighted by atomic mass is 9.91. The molecule has 0 radical (unpaired) electrons. The number of methoxy groups -OCH3 is 1. The molecule has 2 atom stereocenters. The lowest BCUT2D eigenvalue weighted by Gasteiger charge is -2.29. The minimum absolute atomic E-state index is 0.258. The highest BCUT2D eigenvalue weighted by Crippen LogP contribution is 2.25. The Morgan fingerprint density at radius 3 is 2.64 bits per heavy atom. The number of pyridine rings is 1. The fraction of sp³-hybridized carbons (Fsp3) is 0.545. The van der Waals surface area contributed by atoms with E-state index < -0.39 is 5.60 Å². The SMILES string of the molecule is COC(C)C(C)(O)c1cncc(C)c1. The zero-order valence-corrected chi connectivity index (χ0v) is 9.11. The van der Waals surface area contributed by atoms with E-state index in [0.717, 1.165) is 11.1 Å². The second-order valence-corrected chi connectivity index (χ2v) is 3.78. The predicted molar refractivity (Wildman–Crippen MR) is 55.0 cm³/mol. The zero-order chi connectivity index (χ0) is 10.8. The molecule has 0 aliphatic carbocycles. The fourth-order valence-corrected chi connectivity index (χ4v) is 1.30. The first kappa shape index (κ1) is 11.1. The van der Waals surface area contributed by atoms with Gasteiger partial charge in [0.25, 0.3) is 0 Å². The van der Waals surface area contributed by atoms with E-state index in [0.29, 0.717) is 0 Å². The summed E-state index contributed by atoms with van der Waals surface area (Å²) in [7, 11) is 1.59. The Labute approximate surface area is 84.7 Å². The van der Waals surface area contributed by atoms with Crippen LogP contribution in [-0.2, 0) is 10.3 Å². The van der Waals surface area contributed by atoms with Crippen LogP contribution in [0, 0.1) is 6.92 Å². The van der Waals surface area contributed by atoms with Gasteiger partial charge in [0.1, 0.15) is 5.60 Å².